The highest BCUT2D eigenvalue weighted by Gasteiger charge is 2.13. The van der Waals surface area contributed by atoms with Crippen LogP contribution in [0.15, 0.2) is 18.2 Å². The van der Waals surface area contributed by atoms with Crippen LogP contribution in [-0.4, -0.2) is 7.11 Å². The van der Waals surface area contributed by atoms with E-state index in [1.165, 1.54) is 38.9 Å². The van der Waals surface area contributed by atoms with E-state index < -0.39 is 0 Å². The zero-order valence-corrected chi connectivity index (χ0v) is 12.0. The number of methoxy groups -OCH3 is 1. The molecule has 0 N–H and O–H groups in total. The van der Waals surface area contributed by atoms with Crippen molar-refractivity contribution in [1.82, 2.24) is 0 Å². The maximum atomic E-state index is 13.8. The van der Waals surface area contributed by atoms with Crippen molar-refractivity contribution in [2.24, 2.45) is 0 Å². The van der Waals surface area contributed by atoms with E-state index in [0.717, 1.165) is 12.8 Å². The molecule has 1 aromatic rings. The minimum Gasteiger partial charge on any atom is -0.497 e. The first-order chi connectivity index (χ1) is 8.69. The maximum absolute atomic E-state index is 13.8. The van der Waals surface area contributed by atoms with E-state index in [2.05, 4.69) is 6.92 Å². The molecule has 0 saturated heterocycles. The number of rotatable bonds is 8. The minimum absolute atomic E-state index is 0.238. The third-order valence-electron chi connectivity index (χ3n) is 3.11. The molecule has 0 spiro atoms. The number of benzene rings is 1. The summed E-state index contributed by atoms with van der Waals surface area (Å²) in [5.41, 5.74) is 0.577. The van der Waals surface area contributed by atoms with Crippen molar-refractivity contribution in [3.63, 3.8) is 0 Å². The molecular formula is C15H22ClFO. The van der Waals surface area contributed by atoms with Gasteiger partial charge in [-0.2, -0.15) is 0 Å². The Morgan fingerprint density at radius 1 is 1.22 bits per heavy atom. The largest absolute Gasteiger partial charge is 0.497 e. The highest BCUT2D eigenvalue weighted by molar-refractivity contribution is 6.20. The Kier molecular flexibility index (Phi) is 7.11. The van der Waals surface area contributed by atoms with Gasteiger partial charge in [-0.25, -0.2) is 4.39 Å². The lowest BCUT2D eigenvalue weighted by Gasteiger charge is -2.11. The Bertz CT molecular complexity index is 354. The summed E-state index contributed by atoms with van der Waals surface area (Å²) in [6, 6.07) is 4.87. The molecule has 1 rings (SSSR count). The van der Waals surface area contributed by atoms with E-state index in [-0.39, 0.29) is 11.2 Å². The first-order valence-corrected chi connectivity index (χ1v) is 7.10. The molecule has 0 radical (unpaired) electrons. The summed E-state index contributed by atoms with van der Waals surface area (Å²) < 4.78 is 18.7. The van der Waals surface area contributed by atoms with Crippen LogP contribution in [0.2, 0.25) is 0 Å². The lowest BCUT2D eigenvalue weighted by atomic mass is 10.0. The van der Waals surface area contributed by atoms with Crippen LogP contribution < -0.4 is 4.74 Å². The molecule has 0 bridgehead atoms. The van der Waals surface area contributed by atoms with Gasteiger partial charge in [-0.3, -0.25) is 0 Å². The molecule has 1 unspecified atom stereocenters. The van der Waals surface area contributed by atoms with Gasteiger partial charge in [0.25, 0.3) is 0 Å². The summed E-state index contributed by atoms with van der Waals surface area (Å²) in [7, 11) is 1.53. The molecule has 0 aliphatic rings. The summed E-state index contributed by atoms with van der Waals surface area (Å²) >= 11 is 6.24. The van der Waals surface area contributed by atoms with Crippen molar-refractivity contribution < 1.29 is 9.13 Å². The van der Waals surface area contributed by atoms with Crippen LogP contribution in [0.5, 0.6) is 5.75 Å². The zero-order valence-electron chi connectivity index (χ0n) is 11.2. The topological polar surface area (TPSA) is 9.23 Å². The fraction of sp³-hybridized carbons (Fsp3) is 0.600. The van der Waals surface area contributed by atoms with E-state index in [4.69, 9.17) is 16.3 Å². The van der Waals surface area contributed by atoms with E-state index in [1.807, 2.05) is 0 Å². The summed E-state index contributed by atoms with van der Waals surface area (Å²) in [5, 5.41) is -0.238. The van der Waals surface area contributed by atoms with Crippen LogP contribution in [0.25, 0.3) is 0 Å². The molecular weight excluding hydrogens is 251 g/mol. The summed E-state index contributed by atoms with van der Waals surface area (Å²) in [6.07, 6.45) is 6.80. The van der Waals surface area contributed by atoms with Crippen LogP contribution in [0.1, 0.15) is 56.4 Å². The minimum atomic E-state index is -0.275. The molecule has 18 heavy (non-hydrogen) atoms. The fourth-order valence-electron chi connectivity index (χ4n) is 1.97. The number of hydrogen-bond donors (Lipinski definition) is 0. The Hall–Kier alpha value is -0.760. The molecule has 1 aromatic carbocycles. The first kappa shape index (κ1) is 15.3. The normalized spacial score (nSPS) is 12.4. The molecule has 0 saturated carbocycles. The Morgan fingerprint density at radius 2 is 1.94 bits per heavy atom. The lowest BCUT2D eigenvalue weighted by Crippen LogP contribution is -1.96. The third-order valence-corrected chi connectivity index (χ3v) is 3.56. The van der Waals surface area contributed by atoms with Crippen molar-refractivity contribution in [3.8, 4) is 5.75 Å². The van der Waals surface area contributed by atoms with E-state index in [1.54, 1.807) is 12.1 Å². The monoisotopic (exact) mass is 272 g/mol. The highest BCUT2D eigenvalue weighted by Crippen LogP contribution is 2.30. The molecule has 3 heteroatoms. The van der Waals surface area contributed by atoms with Crippen LogP contribution >= 0.6 is 11.6 Å². The molecule has 0 aliphatic heterocycles. The first-order valence-electron chi connectivity index (χ1n) is 6.66. The van der Waals surface area contributed by atoms with Crippen molar-refractivity contribution in [3.05, 3.63) is 29.6 Å². The van der Waals surface area contributed by atoms with Crippen molar-refractivity contribution >= 4 is 11.6 Å². The average Bonchev–Trinajstić information content (AvgIpc) is 2.38. The average molecular weight is 273 g/mol. The van der Waals surface area contributed by atoms with Crippen molar-refractivity contribution in [2.75, 3.05) is 7.11 Å². The number of alkyl halides is 1. The molecule has 0 heterocycles. The van der Waals surface area contributed by atoms with Gasteiger partial charge >= 0.3 is 0 Å². The van der Waals surface area contributed by atoms with Gasteiger partial charge in [0.05, 0.1) is 12.5 Å². The second-order valence-corrected chi connectivity index (χ2v) is 5.08. The quantitative estimate of drug-likeness (QED) is 0.450. The summed E-state index contributed by atoms with van der Waals surface area (Å²) in [5.74, 6) is 0.256. The van der Waals surface area contributed by atoms with Gasteiger partial charge in [0, 0.05) is 11.6 Å². The van der Waals surface area contributed by atoms with Gasteiger partial charge in [0.2, 0.25) is 0 Å². The van der Waals surface area contributed by atoms with Crippen LogP contribution in [0, 0.1) is 5.82 Å². The number of ether oxygens (including phenoxy) is 1. The summed E-state index contributed by atoms with van der Waals surface area (Å²) in [6.45, 7) is 2.19. The SMILES string of the molecule is CCCCCCCC(Cl)c1ccc(OC)cc1F. The second-order valence-electron chi connectivity index (χ2n) is 4.56. The lowest BCUT2D eigenvalue weighted by molar-refractivity contribution is 0.410. The predicted octanol–water partition coefficient (Wildman–Crippen LogP) is 5.47. The molecule has 0 aliphatic carbocycles. The van der Waals surface area contributed by atoms with Gasteiger partial charge in [0.15, 0.2) is 0 Å². The molecule has 0 fully saturated rings. The Morgan fingerprint density at radius 3 is 2.56 bits per heavy atom. The van der Waals surface area contributed by atoms with Gasteiger partial charge in [-0.1, -0.05) is 45.1 Å². The number of unbranched alkanes of at least 4 members (excludes halogenated alkanes) is 4. The van der Waals surface area contributed by atoms with Gasteiger partial charge in [-0.15, -0.1) is 11.6 Å². The van der Waals surface area contributed by atoms with Crippen molar-refractivity contribution in [1.29, 1.82) is 0 Å². The molecule has 102 valence electrons. The zero-order chi connectivity index (χ0) is 13.4. The smallest absolute Gasteiger partial charge is 0.131 e. The molecule has 0 amide bonds. The van der Waals surface area contributed by atoms with E-state index in [9.17, 15) is 4.39 Å². The number of halogens is 2. The molecule has 1 atom stereocenters. The predicted molar refractivity (Wildman–Crippen MR) is 74.9 cm³/mol. The maximum Gasteiger partial charge on any atom is 0.131 e. The Labute approximate surface area is 114 Å². The van der Waals surface area contributed by atoms with Crippen molar-refractivity contribution in [2.45, 2.75) is 50.8 Å². The van der Waals surface area contributed by atoms with Crippen LogP contribution in [0.4, 0.5) is 4.39 Å². The molecule has 0 aromatic heterocycles. The fourth-order valence-corrected chi connectivity index (χ4v) is 2.30. The highest BCUT2D eigenvalue weighted by atomic mass is 35.5. The third kappa shape index (κ3) is 4.85. The van der Waals surface area contributed by atoms with Gasteiger partial charge in [-0.05, 0) is 12.5 Å². The Balaban J connectivity index is 2.43. The van der Waals surface area contributed by atoms with E-state index in [0.29, 0.717) is 11.3 Å². The van der Waals surface area contributed by atoms with Gasteiger partial charge < -0.3 is 4.74 Å². The number of hydrogen-bond acceptors (Lipinski definition) is 1. The molecule has 1 nitrogen and oxygen atoms in total. The van der Waals surface area contributed by atoms with Crippen LogP contribution in [-0.2, 0) is 0 Å². The van der Waals surface area contributed by atoms with Crippen LogP contribution in [0.3, 0.4) is 0 Å². The van der Waals surface area contributed by atoms with Gasteiger partial charge in [0.1, 0.15) is 11.6 Å². The standard InChI is InChI=1S/C15H22ClFO/c1-3-4-5-6-7-8-14(16)13-10-9-12(18-2)11-15(13)17/h9-11,14H,3-8H2,1-2H3. The second kappa shape index (κ2) is 8.36. The van der Waals surface area contributed by atoms with E-state index >= 15 is 0 Å². The summed E-state index contributed by atoms with van der Waals surface area (Å²) in [4.78, 5) is 0.